The average Bonchev–Trinajstić information content (AvgIpc) is 2.85. The highest BCUT2D eigenvalue weighted by molar-refractivity contribution is 5.13. The van der Waals surface area contributed by atoms with Crippen LogP contribution < -0.4 is 0 Å². The molecule has 0 aromatic carbocycles. The lowest BCUT2D eigenvalue weighted by Crippen LogP contribution is -2.18. The zero-order chi connectivity index (χ0) is 10.3. The van der Waals surface area contributed by atoms with Gasteiger partial charge in [0, 0.05) is 13.2 Å². The van der Waals surface area contributed by atoms with E-state index in [-0.39, 0.29) is 12.2 Å². The molecule has 15 heavy (non-hydrogen) atoms. The van der Waals surface area contributed by atoms with E-state index in [4.69, 9.17) is 4.74 Å². The number of nitrogens with zero attached hydrogens (tertiary/aromatic N) is 2. The van der Waals surface area contributed by atoms with E-state index < -0.39 is 0 Å². The molecule has 0 amide bonds. The molecule has 1 aromatic heterocycles. The van der Waals surface area contributed by atoms with E-state index in [1.165, 1.54) is 0 Å². The number of aliphatic hydroxyl groups excluding tert-OH is 1. The van der Waals surface area contributed by atoms with Gasteiger partial charge in [0.25, 0.3) is 0 Å². The summed E-state index contributed by atoms with van der Waals surface area (Å²) < 4.78 is 7.78. The van der Waals surface area contributed by atoms with Gasteiger partial charge in [0.2, 0.25) is 0 Å². The molecule has 1 aromatic rings. The van der Waals surface area contributed by atoms with Gasteiger partial charge in [0.05, 0.1) is 18.0 Å². The number of fused-ring (bicyclic) bond motifs is 1. The van der Waals surface area contributed by atoms with Gasteiger partial charge in [-0.1, -0.05) is 0 Å². The molecule has 2 atom stereocenters. The minimum Gasteiger partial charge on any atom is -0.387 e. The first-order valence-electron chi connectivity index (χ1n) is 5.71. The van der Waals surface area contributed by atoms with Gasteiger partial charge in [-0.05, 0) is 25.7 Å². The van der Waals surface area contributed by atoms with E-state index in [2.05, 4.69) is 9.55 Å². The smallest absolute Gasteiger partial charge is 0.138 e. The lowest BCUT2D eigenvalue weighted by molar-refractivity contribution is 0.0957. The Morgan fingerprint density at radius 3 is 3.13 bits per heavy atom. The fourth-order valence-electron chi connectivity index (χ4n) is 2.54. The zero-order valence-corrected chi connectivity index (χ0v) is 8.72. The molecule has 2 aliphatic rings. The largest absolute Gasteiger partial charge is 0.387 e. The number of rotatable bonds is 1. The minimum atomic E-state index is -0.332. The van der Waals surface area contributed by atoms with Crippen LogP contribution in [0.2, 0.25) is 0 Å². The third kappa shape index (κ3) is 1.48. The first-order valence-corrected chi connectivity index (χ1v) is 5.71. The molecule has 1 N–H and O–H groups in total. The van der Waals surface area contributed by atoms with Gasteiger partial charge >= 0.3 is 0 Å². The maximum Gasteiger partial charge on any atom is 0.138 e. The first-order chi connectivity index (χ1) is 7.36. The van der Waals surface area contributed by atoms with E-state index >= 15 is 0 Å². The molecule has 3 heterocycles. The van der Waals surface area contributed by atoms with Crippen LogP contribution in [0.5, 0.6) is 0 Å². The molecular weight excluding hydrogens is 192 g/mol. The van der Waals surface area contributed by atoms with Crippen LogP contribution in [0.15, 0.2) is 6.20 Å². The average molecular weight is 208 g/mol. The normalized spacial score (nSPS) is 30.5. The van der Waals surface area contributed by atoms with Crippen LogP contribution in [0.4, 0.5) is 0 Å². The van der Waals surface area contributed by atoms with Gasteiger partial charge in [-0.2, -0.15) is 0 Å². The predicted molar refractivity (Wildman–Crippen MR) is 54.3 cm³/mol. The number of ether oxygens (including phenoxy) is 1. The summed E-state index contributed by atoms with van der Waals surface area (Å²) in [5, 5.41) is 9.82. The van der Waals surface area contributed by atoms with Crippen molar-refractivity contribution in [3.05, 3.63) is 17.7 Å². The van der Waals surface area contributed by atoms with E-state index in [0.717, 1.165) is 50.4 Å². The summed E-state index contributed by atoms with van der Waals surface area (Å²) in [5.41, 5.74) is 0.965. The third-order valence-corrected chi connectivity index (χ3v) is 3.34. The Hall–Kier alpha value is -0.870. The Morgan fingerprint density at radius 2 is 2.33 bits per heavy atom. The van der Waals surface area contributed by atoms with Gasteiger partial charge in [-0.15, -0.1) is 0 Å². The third-order valence-electron chi connectivity index (χ3n) is 3.34. The van der Waals surface area contributed by atoms with Crippen LogP contribution in [0.1, 0.15) is 49.4 Å². The van der Waals surface area contributed by atoms with Crippen LogP contribution in [-0.2, 0) is 11.3 Å². The summed E-state index contributed by atoms with van der Waals surface area (Å²) in [7, 11) is 0. The summed E-state index contributed by atoms with van der Waals surface area (Å²) in [4.78, 5) is 4.41. The van der Waals surface area contributed by atoms with Gasteiger partial charge in [-0.25, -0.2) is 4.98 Å². The molecule has 0 saturated carbocycles. The SMILES string of the molecule is OC1CCCn2c1cnc2C1CCCO1. The Morgan fingerprint density at radius 1 is 1.40 bits per heavy atom. The van der Waals surface area contributed by atoms with Crippen LogP contribution >= 0.6 is 0 Å². The highest BCUT2D eigenvalue weighted by Crippen LogP contribution is 2.32. The molecule has 4 nitrogen and oxygen atoms in total. The zero-order valence-electron chi connectivity index (χ0n) is 8.72. The maximum absolute atomic E-state index is 9.82. The standard InChI is InChI=1S/C11H16N2O2/c14-9-3-1-5-13-8(9)7-12-11(13)10-4-2-6-15-10/h7,9-10,14H,1-6H2. The highest BCUT2D eigenvalue weighted by Gasteiger charge is 2.27. The Balaban J connectivity index is 1.95. The minimum absolute atomic E-state index is 0.157. The van der Waals surface area contributed by atoms with Crippen molar-refractivity contribution in [3.63, 3.8) is 0 Å². The van der Waals surface area contributed by atoms with Crippen molar-refractivity contribution >= 4 is 0 Å². The molecule has 3 rings (SSSR count). The molecule has 0 bridgehead atoms. The molecule has 0 radical (unpaired) electrons. The molecule has 0 aliphatic carbocycles. The van der Waals surface area contributed by atoms with Crippen LogP contribution in [-0.4, -0.2) is 21.3 Å². The molecule has 2 aliphatic heterocycles. The van der Waals surface area contributed by atoms with Gasteiger partial charge in [-0.3, -0.25) is 0 Å². The Kier molecular flexibility index (Phi) is 2.25. The second-order valence-electron chi connectivity index (χ2n) is 4.35. The van der Waals surface area contributed by atoms with E-state index in [1.807, 2.05) is 0 Å². The van der Waals surface area contributed by atoms with Gasteiger partial charge in [0.15, 0.2) is 0 Å². The van der Waals surface area contributed by atoms with E-state index in [9.17, 15) is 5.11 Å². The number of hydrogen-bond acceptors (Lipinski definition) is 3. The molecule has 0 spiro atoms. The number of aromatic nitrogens is 2. The number of hydrogen-bond donors (Lipinski definition) is 1. The summed E-state index contributed by atoms with van der Waals surface area (Å²) in [6.07, 6.45) is 5.70. The van der Waals surface area contributed by atoms with Crippen molar-refractivity contribution in [3.8, 4) is 0 Å². The summed E-state index contributed by atoms with van der Waals surface area (Å²) >= 11 is 0. The topological polar surface area (TPSA) is 47.3 Å². The first kappa shape index (κ1) is 9.36. The van der Waals surface area contributed by atoms with Gasteiger partial charge in [0.1, 0.15) is 11.9 Å². The van der Waals surface area contributed by atoms with Gasteiger partial charge < -0.3 is 14.4 Å². The van der Waals surface area contributed by atoms with Crippen molar-refractivity contribution in [2.75, 3.05) is 6.61 Å². The second-order valence-corrected chi connectivity index (χ2v) is 4.35. The molecule has 2 unspecified atom stereocenters. The summed E-state index contributed by atoms with van der Waals surface area (Å²) in [6.45, 7) is 1.82. The second kappa shape index (κ2) is 3.61. The monoisotopic (exact) mass is 208 g/mol. The van der Waals surface area contributed by atoms with E-state index in [1.54, 1.807) is 6.20 Å². The van der Waals surface area contributed by atoms with Crippen LogP contribution in [0.25, 0.3) is 0 Å². The van der Waals surface area contributed by atoms with Crippen molar-refractivity contribution in [1.29, 1.82) is 0 Å². The van der Waals surface area contributed by atoms with Crippen molar-refractivity contribution < 1.29 is 9.84 Å². The lowest BCUT2D eigenvalue weighted by Gasteiger charge is -2.22. The summed E-state index contributed by atoms with van der Waals surface area (Å²) in [5.74, 6) is 1.02. The number of imidazole rings is 1. The molecule has 1 saturated heterocycles. The Labute approximate surface area is 88.9 Å². The number of aliphatic hydroxyl groups is 1. The quantitative estimate of drug-likeness (QED) is 0.762. The highest BCUT2D eigenvalue weighted by atomic mass is 16.5. The van der Waals surface area contributed by atoms with E-state index in [0.29, 0.717) is 0 Å². The molecule has 4 heteroatoms. The molecular formula is C11H16N2O2. The molecule has 82 valence electrons. The maximum atomic E-state index is 9.82. The fraction of sp³-hybridized carbons (Fsp3) is 0.727. The predicted octanol–water partition coefficient (Wildman–Crippen LogP) is 1.56. The lowest BCUT2D eigenvalue weighted by atomic mass is 10.1. The van der Waals surface area contributed by atoms with Crippen LogP contribution in [0, 0.1) is 0 Å². The van der Waals surface area contributed by atoms with Crippen LogP contribution in [0.3, 0.4) is 0 Å². The fourth-order valence-corrected chi connectivity index (χ4v) is 2.54. The Bertz CT molecular complexity index is 355. The summed E-state index contributed by atoms with van der Waals surface area (Å²) in [6, 6.07) is 0. The van der Waals surface area contributed by atoms with Crippen molar-refractivity contribution in [2.45, 2.75) is 44.4 Å². The van der Waals surface area contributed by atoms with Crippen molar-refractivity contribution in [1.82, 2.24) is 9.55 Å². The van der Waals surface area contributed by atoms with Crippen molar-refractivity contribution in [2.24, 2.45) is 0 Å². The molecule has 1 fully saturated rings.